The summed E-state index contributed by atoms with van der Waals surface area (Å²) < 4.78 is 0.963. The Morgan fingerprint density at radius 3 is 2.56 bits per heavy atom. The van der Waals surface area contributed by atoms with E-state index in [-0.39, 0.29) is 0 Å². The number of nitrogens with one attached hydrogen (secondary N) is 1. The van der Waals surface area contributed by atoms with Gasteiger partial charge in [0.25, 0.3) is 0 Å². The Kier molecular flexibility index (Phi) is 4.64. The van der Waals surface area contributed by atoms with Crippen molar-refractivity contribution < 1.29 is 5.11 Å². The fourth-order valence-corrected chi connectivity index (χ4v) is 2.16. The fourth-order valence-electron chi connectivity index (χ4n) is 1.61. The molecule has 0 aliphatic rings. The van der Waals surface area contributed by atoms with Gasteiger partial charge in [0.15, 0.2) is 0 Å². The molecule has 0 radical (unpaired) electrons. The van der Waals surface area contributed by atoms with Gasteiger partial charge in [-0.05, 0) is 42.0 Å². The molecule has 18 heavy (non-hydrogen) atoms. The fraction of sp³-hybridized carbons (Fsp3) is 0.143. The van der Waals surface area contributed by atoms with Gasteiger partial charge in [0.1, 0.15) is 0 Å². The van der Waals surface area contributed by atoms with E-state index >= 15 is 0 Å². The minimum atomic E-state index is -0.543. The lowest BCUT2D eigenvalue weighted by molar-refractivity contribution is 0.191. The lowest BCUT2D eigenvalue weighted by Gasteiger charge is -2.13. The molecule has 4 heteroatoms. The third kappa shape index (κ3) is 3.73. The number of hydrogen-bond acceptors (Lipinski definition) is 2. The van der Waals surface area contributed by atoms with Gasteiger partial charge >= 0.3 is 0 Å². The van der Waals surface area contributed by atoms with Gasteiger partial charge in [-0.3, -0.25) is 0 Å². The maximum Gasteiger partial charge on any atom is 0.0962 e. The number of aliphatic hydroxyl groups excluding tert-OH is 1. The van der Waals surface area contributed by atoms with Crippen LogP contribution in [0.15, 0.2) is 53.0 Å². The molecule has 0 aliphatic heterocycles. The van der Waals surface area contributed by atoms with Crippen molar-refractivity contribution in [2.24, 2.45) is 0 Å². The first-order valence-electron chi connectivity index (χ1n) is 5.58. The first kappa shape index (κ1) is 13.4. The van der Waals surface area contributed by atoms with E-state index in [0.29, 0.717) is 11.6 Å². The smallest absolute Gasteiger partial charge is 0.0962 e. The minimum absolute atomic E-state index is 0.456. The second-order valence-corrected chi connectivity index (χ2v) is 5.31. The summed E-state index contributed by atoms with van der Waals surface area (Å²) in [6.07, 6.45) is -0.543. The Bertz CT molecular complexity index is 515. The molecular formula is C14H13BrClNO. The van der Waals surface area contributed by atoms with Crippen LogP contribution in [0.4, 0.5) is 5.69 Å². The quantitative estimate of drug-likeness (QED) is 0.880. The van der Waals surface area contributed by atoms with Crippen LogP contribution in [-0.4, -0.2) is 11.7 Å². The molecule has 0 amide bonds. The summed E-state index contributed by atoms with van der Waals surface area (Å²) in [4.78, 5) is 0. The zero-order chi connectivity index (χ0) is 13.0. The van der Waals surface area contributed by atoms with Gasteiger partial charge in [0, 0.05) is 21.7 Å². The molecule has 1 atom stereocenters. The maximum atomic E-state index is 10.1. The highest BCUT2D eigenvalue weighted by atomic mass is 79.9. The molecule has 2 aromatic carbocycles. The summed E-state index contributed by atoms with van der Waals surface area (Å²) in [5, 5.41) is 13.9. The zero-order valence-electron chi connectivity index (χ0n) is 9.61. The van der Waals surface area contributed by atoms with Gasteiger partial charge in [-0.1, -0.05) is 39.7 Å². The molecule has 0 spiro atoms. The number of halogens is 2. The van der Waals surface area contributed by atoms with Crippen molar-refractivity contribution in [1.82, 2.24) is 0 Å². The lowest BCUT2D eigenvalue weighted by Crippen LogP contribution is -2.11. The topological polar surface area (TPSA) is 32.3 Å². The van der Waals surface area contributed by atoms with E-state index in [4.69, 9.17) is 11.6 Å². The van der Waals surface area contributed by atoms with Crippen molar-refractivity contribution in [1.29, 1.82) is 0 Å². The van der Waals surface area contributed by atoms with Crippen molar-refractivity contribution in [3.05, 3.63) is 63.6 Å². The predicted molar refractivity (Wildman–Crippen MR) is 79.0 cm³/mol. The van der Waals surface area contributed by atoms with Gasteiger partial charge < -0.3 is 10.4 Å². The molecule has 2 N–H and O–H groups in total. The van der Waals surface area contributed by atoms with Crippen LogP contribution >= 0.6 is 27.5 Å². The molecule has 0 fully saturated rings. The highest BCUT2D eigenvalue weighted by Crippen LogP contribution is 2.19. The van der Waals surface area contributed by atoms with Crippen molar-refractivity contribution in [3.63, 3.8) is 0 Å². The summed E-state index contributed by atoms with van der Waals surface area (Å²) in [6.45, 7) is 0.456. The summed E-state index contributed by atoms with van der Waals surface area (Å²) in [7, 11) is 0. The molecule has 2 aromatic rings. The number of rotatable bonds is 4. The van der Waals surface area contributed by atoms with Crippen LogP contribution in [0.1, 0.15) is 11.7 Å². The van der Waals surface area contributed by atoms with E-state index in [2.05, 4.69) is 21.2 Å². The average Bonchev–Trinajstić information content (AvgIpc) is 2.38. The normalized spacial score (nSPS) is 12.2. The van der Waals surface area contributed by atoms with Gasteiger partial charge in [-0.25, -0.2) is 0 Å². The molecule has 94 valence electrons. The van der Waals surface area contributed by atoms with Crippen molar-refractivity contribution in [3.8, 4) is 0 Å². The molecule has 0 bridgehead atoms. The average molecular weight is 327 g/mol. The summed E-state index contributed by atoms with van der Waals surface area (Å²) in [5.41, 5.74) is 1.82. The van der Waals surface area contributed by atoms with Crippen LogP contribution in [0, 0.1) is 0 Å². The number of hydrogen-bond donors (Lipinski definition) is 2. The molecule has 1 unspecified atom stereocenters. The molecular weight excluding hydrogens is 314 g/mol. The predicted octanol–water partition coefficient (Wildman–Crippen LogP) is 4.25. The van der Waals surface area contributed by atoms with E-state index in [1.807, 2.05) is 48.5 Å². The van der Waals surface area contributed by atoms with Crippen molar-refractivity contribution in [2.45, 2.75) is 6.10 Å². The van der Waals surface area contributed by atoms with Gasteiger partial charge in [-0.15, -0.1) is 0 Å². The van der Waals surface area contributed by atoms with E-state index < -0.39 is 6.10 Å². The Balaban J connectivity index is 1.96. The highest BCUT2D eigenvalue weighted by molar-refractivity contribution is 9.10. The third-order valence-corrected chi connectivity index (χ3v) is 3.32. The van der Waals surface area contributed by atoms with Crippen LogP contribution in [0.2, 0.25) is 5.02 Å². The van der Waals surface area contributed by atoms with Crippen LogP contribution in [0.5, 0.6) is 0 Å². The minimum Gasteiger partial charge on any atom is -0.387 e. The molecule has 0 aromatic heterocycles. The van der Waals surface area contributed by atoms with E-state index in [9.17, 15) is 5.11 Å². The Morgan fingerprint density at radius 2 is 1.89 bits per heavy atom. The molecule has 0 saturated heterocycles. The Morgan fingerprint density at radius 1 is 1.17 bits per heavy atom. The van der Waals surface area contributed by atoms with E-state index in [1.54, 1.807) is 0 Å². The van der Waals surface area contributed by atoms with Gasteiger partial charge in [-0.2, -0.15) is 0 Å². The summed E-state index contributed by atoms with van der Waals surface area (Å²) in [5.74, 6) is 0. The molecule has 0 saturated carbocycles. The standard InChI is InChI=1S/C14H13BrClNO/c15-11-3-1-2-10(8-11)14(18)9-17-13-6-4-12(16)5-7-13/h1-8,14,17-18H,9H2. The van der Waals surface area contributed by atoms with Crippen molar-refractivity contribution >= 4 is 33.2 Å². The summed E-state index contributed by atoms with van der Waals surface area (Å²) in [6, 6.07) is 15.1. The van der Waals surface area contributed by atoms with Crippen LogP contribution in [0.25, 0.3) is 0 Å². The highest BCUT2D eigenvalue weighted by Gasteiger charge is 2.07. The SMILES string of the molecule is OC(CNc1ccc(Cl)cc1)c1cccc(Br)c1. The number of aliphatic hydroxyl groups is 1. The second kappa shape index (κ2) is 6.23. The summed E-state index contributed by atoms with van der Waals surface area (Å²) >= 11 is 9.19. The van der Waals surface area contributed by atoms with E-state index in [0.717, 1.165) is 15.7 Å². The molecule has 2 nitrogen and oxygen atoms in total. The van der Waals surface area contributed by atoms with Crippen LogP contribution in [0.3, 0.4) is 0 Å². The van der Waals surface area contributed by atoms with Crippen LogP contribution in [-0.2, 0) is 0 Å². The van der Waals surface area contributed by atoms with Crippen molar-refractivity contribution in [2.75, 3.05) is 11.9 Å². The Hall–Kier alpha value is -1.03. The van der Waals surface area contributed by atoms with Gasteiger partial charge in [0.2, 0.25) is 0 Å². The van der Waals surface area contributed by atoms with Crippen LogP contribution < -0.4 is 5.32 Å². The Labute approximate surface area is 120 Å². The van der Waals surface area contributed by atoms with Gasteiger partial charge in [0.05, 0.1) is 6.10 Å². The second-order valence-electron chi connectivity index (χ2n) is 3.96. The molecule has 0 heterocycles. The monoisotopic (exact) mass is 325 g/mol. The van der Waals surface area contributed by atoms with E-state index in [1.165, 1.54) is 0 Å². The first-order chi connectivity index (χ1) is 8.65. The largest absolute Gasteiger partial charge is 0.387 e. The third-order valence-electron chi connectivity index (χ3n) is 2.58. The zero-order valence-corrected chi connectivity index (χ0v) is 11.9. The molecule has 2 rings (SSSR count). The lowest BCUT2D eigenvalue weighted by atomic mass is 10.1. The number of anilines is 1. The maximum absolute atomic E-state index is 10.1. The number of benzene rings is 2. The first-order valence-corrected chi connectivity index (χ1v) is 6.75. The molecule has 0 aliphatic carbocycles.